The van der Waals surface area contributed by atoms with E-state index in [0.29, 0.717) is 29.9 Å². The van der Waals surface area contributed by atoms with E-state index < -0.39 is 5.97 Å². The van der Waals surface area contributed by atoms with Crippen LogP contribution in [-0.4, -0.2) is 23.6 Å². The average Bonchev–Trinajstić information content (AvgIpc) is 2.54. The first-order valence-corrected chi connectivity index (χ1v) is 9.19. The summed E-state index contributed by atoms with van der Waals surface area (Å²) in [6.07, 6.45) is 5.09. The highest BCUT2D eigenvalue weighted by Crippen LogP contribution is 2.31. The fourth-order valence-corrected chi connectivity index (χ4v) is 3.23. The molecule has 1 fully saturated rings. The number of carboxylic acid groups (broad SMARTS) is 1. The van der Waals surface area contributed by atoms with Gasteiger partial charge in [-0.3, -0.25) is 4.79 Å². The fraction of sp³-hybridized carbons (Fsp3) is 0.600. The van der Waals surface area contributed by atoms with Crippen LogP contribution in [0.1, 0.15) is 63.2 Å². The first-order chi connectivity index (χ1) is 11.9. The molecular formula is C20H29NO4. The molecule has 1 amide bonds. The summed E-state index contributed by atoms with van der Waals surface area (Å²) < 4.78 is 5.68. The van der Waals surface area contributed by atoms with Crippen molar-refractivity contribution in [2.45, 2.75) is 52.9 Å². The molecule has 2 atom stereocenters. The van der Waals surface area contributed by atoms with Gasteiger partial charge in [-0.05, 0) is 43.2 Å². The molecule has 2 N–H and O–H groups in total. The highest BCUT2D eigenvalue weighted by atomic mass is 16.5. The maximum Gasteiger partial charge on any atom is 0.335 e. The van der Waals surface area contributed by atoms with Crippen molar-refractivity contribution in [3.8, 4) is 5.75 Å². The molecule has 25 heavy (non-hydrogen) atoms. The van der Waals surface area contributed by atoms with Gasteiger partial charge in [0.2, 0.25) is 5.91 Å². The van der Waals surface area contributed by atoms with Gasteiger partial charge in [-0.2, -0.15) is 0 Å². The maximum atomic E-state index is 12.6. The highest BCUT2D eigenvalue weighted by molar-refractivity contribution is 5.95. The molecule has 0 aromatic heterocycles. The monoisotopic (exact) mass is 347 g/mol. The maximum absolute atomic E-state index is 12.6. The third-order valence-corrected chi connectivity index (χ3v) is 4.83. The Morgan fingerprint density at radius 2 is 1.96 bits per heavy atom. The molecule has 1 aliphatic carbocycles. The Morgan fingerprint density at radius 3 is 2.60 bits per heavy atom. The molecule has 0 radical (unpaired) electrons. The van der Waals surface area contributed by atoms with Crippen molar-refractivity contribution in [3.63, 3.8) is 0 Å². The Labute approximate surface area is 149 Å². The number of hydrogen-bond donors (Lipinski definition) is 2. The normalized spacial score (nSPS) is 20.3. The molecule has 0 aliphatic heterocycles. The van der Waals surface area contributed by atoms with Gasteiger partial charge in [0.15, 0.2) is 0 Å². The van der Waals surface area contributed by atoms with Gasteiger partial charge >= 0.3 is 5.97 Å². The van der Waals surface area contributed by atoms with Crippen molar-refractivity contribution in [2.24, 2.45) is 17.8 Å². The number of carbonyl (C=O) groups excluding carboxylic acids is 1. The van der Waals surface area contributed by atoms with Crippen molar-refractivity contribution < 1.29 is 19.4 Å². The summed E-state index contributed by atoms with van der Waals surface area (Å²) in [6.45, 7) is 6.84. The van der Waals surface area contributed by atoms with E-state index in [1.807, 2.05) is 0 Å². The molecular weight excluding hydrogens is 318 g/mol. The Balaban J connectivity index is 2.11. The summed E-state index contributed by atoms with van der Waals surface area (Å²) in [5.41, 5.74) is 0.608. The van der Waals surface area contributed by atoms with E-state index in [2.05, 4.69) is 26.1 Å². The van der Waals surface area contributed by atoms with Crippen molar-refractivity contribution in [1.82, 2.24) is 0 Å². The SMILES string of the molecule is CC(C)CCOc1cc(NC(=O)C2CCCCC2C)cc(C(=O)O)c1. The second-order valence-corrected chi connectivity index (χ2v) is 7.44. The lowest BCUT2D eigenvalue weighted by atomic mass is 9.80. The molecule has 2 unspecified atom stereocenters. The van der Waals surface area contributed by atoms with Crippen LogP contribution in [0.5, 0.6) is 5.75 Å². The van der Waals surface area contributed by atoms with E-state index in [1.165, 1.54) is 18.6 Å². The number of carboxylic acids is 1. The van der Waals surface area contributed by atoms with E-state index in [-0.39, 0.29) is 17.4 Å². The first-order valence-electron chi connectivity index (χ1n) is 9.19. The molecule has 0 saturated heterocycles. The van der Waals surface area contributed by atoms with Gasteiger partial charge in [-0.15, -0.1) is 0 Å². The van der Waals surface area contributed by atoms with E-state index in [9.17, 15) is 14.7 Å². The summed E-state index contributed by atoms with van der Waals surface area (Å²) in [4.78, 5) is 23.9. The molecule has 0 bridgehead atoms. The Morgan fingerprint density at radius 1 is 1.24 bits per heavy atom. The fourth-order valence-electron chi connectivity index (χ4n) is 3.23. The molecule has 1 saturated carbocycles. The van der Waals surface area contributed by atoms with Gasteiger partial charge in [0.05, 0.1) is 12.2 Å². The van der Waals surface area contributed by atoms with Gasteiger partial charge in [0, 0.05) is 17.7 Å². The van der Waals surface area contributed by atoms with Gasteiger partial charge in [-0.25, -0.2) is 4.79 Å². The van der Waals surface area contributed by atoms with Crippen LogP contribution in [0.15, 0.2) is 18.2 Å². The number of carbonyl (C=O) groups is 2. The number of hydrogen-bond acceptors (Lipinski definition) is 3. The lowest BCUT2D eigenvalue weighted by Crippen LogP contribution is -2.30. The second-order valence-electron chi connectivity index (χ2n) is 7.44. The quantitative estimate of drug-likeness (QED) is 0.757. The lowest BCUT2D eigenvalue weighted by molar-refractivity contribution is -0.122. The minimum absolute atomic E-state index is 0.00690. The number of anilines is 1. The zero-order valence-corrected chi connectivity index (χ0v) is 15.4. The minimum Gasteiger partial charge on any atom is -0.493 e. The van der Waals surface area contributed by atoms with Crippen LogP contribution in [-0.2, 0) is 4.79 Å². The zero-order chi connectivity index (χ0) is 18.4. The summed E-state index contributed by atoms with van der Waals surface area (Å²) in [5.74, 6) is 0.284. The van der Waals surface area contributed by atoms with Crippen molar-refractivity contribution in [2.75, 3.05) is 11.9 Å². The Hall–Kier alpha value is -2.04. The first kappa shape index (κ1) is 19.3. The largest absolute Gasteiger partial charge is 0.493 e. The molecule has 2 rings (SSSR count). The molecule has 1 aromatic rings. The predicted molar refractivity (Wildman–Crippen MR) is 98.1 cm³/mol. The number of rotatable bonds is 7. The topological polar surface area (TPSA) is 75.6 Å². The second kappa shape index (κ2) is 8.88. The Kier molecular flexibility index (Phi) is 6.85. The lowest BCUT2D eigenvalue weighted by Gasteiger charge is -2.27. The molecule has 5 nitrogen and oxygen atoms in total. The van der Waals surface area contributed by atoms with Crippen molar-refractivity contribution in [3.05, 3.63) is 23.8 Å². The molecule has 5 heteroatoms. The summed E-state index contributed by atoms with van der Waals surface area (Å²) >= 11 is 0. The van der Waals surface area contributed by atoms with Gasteiger partial charge in [-0.1, -0.05) is 33.6 Å². The van der Waals surface area contributed by atoms with E-state index in [0.717, 1.165) is 25.7 Å². The highest BCUT2D eigenvalue weighted by Gasteiger charge is 2.27. The van der Waals surface area contributed by atoms with Crippen LogP contribution >= 0.6 is 0 Å². The number of benzene rings is 1. The van der Waals surface area contributed by atoms with E-state index in [4.69, 9.17) is 4.74 Å². The van der Waals surface area contributed by atoms with E-state index >= 15 is 0 Å². The van der Waals surface area contributed by atoms with Crippen molar-refractivity contribution in [1.29, 1.82) is 0 Å². The van der Waals surface area contributed by atoms with Crippen LogP contribution < -0.4 is 10.1 Å². The summed E-state index contributed by atoms with van der Waals surface area (Å²) in [5, 5.41) is 12.2. The van der Waals surface area contributed by atoms with Gasteiger partial charge in [0.25, 0.3) is 0 Å². The molecule has 0 heterocycles. The third kappa shape index (κ3) is 5.76. The van der Waals surface area contributed by atoms with Gasteiger partial charge in [0.1, 0.15) is 5.75 Å². The molecule has 0 spiro atoms. The molecule has 1 aromatic carbocycles. The van der Waals surface area contributed by atoms with Crippen LogP contribution in [0.2, 0.25) is 0 Å². The summed E-state index contributed by atoms with van der Waals surface area (Å²) in [6, 6.07) is 4.70. The number of amides is 1. The van der Waals surface area contributed by atoms with Gasteiger partial charge < -0.3 is 15.2 Å². The Bertz CT molecular complexity index is 612. The van der Waals surface area contributed by atoms with Crippen LogP contribution in [0.25, 0.3) is 0 Å². The standard InChI is InChI=1S/C20H29NO4/c1-13(2)8-9-25-17-11-15(20(23)24)10-16(12-17)21-19(22)18-7-5-4-6-14(18)3/h10-14,18H,4-9H2,1-3H3,(H,21,22)(H,23,24). The number of ether oxygens (including phenoxy) is 1. The number of aromatic carboxylic acids is 1. The van der Waals surface area contributed by atoms with Crippen LogP contribution in [0.4, 0.5) is 5.69 Å². The molecule has 1 aliphatic rings. The average molecular weight is 347 g/mol. The number of nitrogens with one attached hydrogen (secondary N) is 1. The van der Waals surface area contributed by atoms with Crippen LogP contribution in [0.3, 0.4) is 0 Å². The van der Waals surface area contributed by atoms with E-state index in [1.54, 1.807) is 6.07 Å². The van der Waals surface area contributed by atoms with Crippen molar-refractivity contribution >= 4 is 17.6 Å². The minimum atomic E-state index is -1.03. The summed E-state index contributed by atoms with van der Waals surface area (Å²) in [7, 11) is 0. The zero-order valence-electron chi connectivity index (χ0n) is 15.4. The smallest absolute Gasteiger partial charge is 0.335 e. The third-order valence-electron chi connectivity index (χ3n) is 4.83. The predicted octanol–water partition coefficient (Wildman–Crippen LogP) is 4.57. The molecule has 138 valence electrons. The van der Waals surface area contributed by atoms with Crippen LogP contribution in [0, 0.1) is 17.8 Å².